The topological polar surface area (TPSA) is 91.6 Å². The normalized spacial score (nSPS) is 21.0. The Hall–Kier alpha value is -3.15. The molecule has 0 aromatic heterocycles. The zero-order valence-corrected chi connectivity index (χ0v) is 24.6. The number of rotatable bonds is 10. The van der Waals surface area contributed by atoms with E-state index >= 15 is 4.39 Å². The molecule has 1 aliphatic carbocycles. The van der Waals surface area contributed by atoms with Crippen LogP contribution in [-0.4, -0.2) is 43.0 Å². The van der Waals surface area contributed by atoms with Gasteiger partial charge in [-0.1, -0.05) is 53.5 Å². The summed E-state index contributed by atoms with van der Waals surface area (Å²) in [7, 11) is 0. The van der Waals surface area contributed by atoms with E-state index in [-0.39, 0.29) is 52.5 Å². The number of nitriles is 1. The molecule has 2 fully saturated rings. The number of carboxylic acids is 1. The summed E-state index contributed by atoms with van der Waals surface area (Å²) in [4.78, 5) is 11.4. The number of benzene rings is 3. The van der Waals surface area contributed by atoms with E-state index in [2.05, 4.69) is 11.4 Å². The van der Waals surface area contributed by atoms with Crippen LogP contribution in [0, 0.1) is 23.1 Å². The summed E-state index contributed by atoms with van der Waals surface area (Å²) < 4.78 is 27.4. The molecule has 42 heavy (non-hydrogen) atoms. The number of aliphatic carboxylic acids is 1. The Morgan fingerprint density at radius 3 is 2.52 bits per heavy atom. The first-order valence-corrected chi connectivity index (χ1v) is 15.1. The summed E-state index contributed by atoms with van der Waals surface area (Å²) >= 11 is 13.5. The van der Waals surface area contributed by atoms with Crippen molar-refractivity contribution < 1.29 is 23.8 Å². The monoisotopic (exact) mass is 610 g/mol. The molecule has 2 aliphatic rings. The Labute approximate surface area is 255 Å². The highest BCUT2D eigenvalue weighted by atomic mass is 35.5. The van der Waals surface area contributed by atoms with Crippen LogP contribution in [0.1, 0.15) is 61.1 Å². The second-order valence-electron chi connectivity index (χ2n) is 11.0. The van der Waals surface area contributed by atoms with E-state index in [0.29, 0.717) is 36.6 Å². The molecule has 0 spiro atoms. The minimum atomic E-state index is -0.735. The van der Waals surface area contributed by atoms with Gasteiger partial charge in [-0.05, 0) is 73.9 Å². The molecular formula is C33H33Cl2FN2O4. The Morgan fingerprint density at radius 1 is 1.10 bits per heavy atom. The van der Waals surface area contributed by atoms with Crippen LogP contribution < -0.4 is 10.1 Å². The van der Waals surface area contributed by atoms with Crippen molar-refractivity contribution in [3.05, 3.63) is 87.2 Å². The molecule has 5 rings (SSSR count). The molecule has 2 N–H and O–H groups in total. The molecule has 3 aromatic rings. The third-order valence-electron chi connectivity index (χ3n) is 8.30. The lowest BCUT2D eigenvalue weighted by Crippen LogP contribution is -2.37. The van der Waals surface area contributed by atoms with Crippen LogP contribution in [0.2, 0.25) is 10.0 Å². The van der Waals surface area contributed by atoms with Gasteiger partial charge in [0.2, 0.25) is 0 Å². The van der Waals surface area contributed by atoms with Crippen molar-refractivity contribution in [1.29, 1.82) is 5.26 Å². The van der Waals surface area contributed by atoms with Crippen LogP contribution in [0.5, 0.6) is 5.75 Å². The van der Waals surface area contributed by atoms with Crippen LogP contribution in [0.25, 0.3) is 11.1 Å². The van der Waals surface area contributed by atoms with Gasteiger partial charge in [-0.15, -0.1) is 0 Å². The van der Waals surface area contributed by atoms with Crippen molar-refractivity contribution in [1.82, 2.24) is 5.32 Å². The Bertz CT molecular complexity index is 1450. The van der Waals surface area contributed by atoms with E-state index in [1.54, 1.807) is 12.1 Å². The molecule has 2 atom stereocenters. The average molecular weight is 612 g/mol. The molecule has 3 aromatic carbocycles. The van der Waals surface area contributed by atoms with E-state index < -0.39 is 11.8 Å². The maximum Gasteiger partial charge on any atom is 0.306 e. The van der Waals surface area contributed by atoms with Gasteiger partial charge < -0.3 is 19.9 Å². The quantitative estimate of drug-likeness (QED) is 0.246. The number of halogens is 3. The second kappa shape index (κ2) is 13.9. The van der Waals surface area contributed by atoms with Crippen molar-refractivity contribution in [2.45, 2.75) is 56.6 Å². The Kier molecular flexibility index (Phi) is 10.0. The zero-order chi connectivity index (χ0) is 29.6. The fourth-order valence-electron chi connectivity index (χ4n) is 5.93. The van der Waals surface area contributed by atoms with E-state index in [0.717, 1.165) is 36.8 Å². The van der Waals surface area contributed by atoms with E-state index in [1.807, 2.05) is 30.3 Å². The highest BCUT2D eigenvalue weighted by molar-refractivity contribution is 6.37. The molecule has 1 saturated carbocycles. The summed E-state index contributed by atoms with van der Waals surface area (Å²) in [6.45, 7) is 1.42. The molecular weight excluding hydrogens is 578 g/mol. The molecule has 0 amide bonds. The molecule has 220 valence electrons. The molecule has 1 saturated heterocycles. The van der Waals surface area contributed by atoms with Gasteiger partial charge >= 0.3 is 5.97 Å². The second-order valence-corrected chi connectivity index (χ2v) is 11.8. The highest BCUT2D eigenvalue weighted by Gasteiger charge is 2.28. The van der Waals surface area contributed by atoms with Gasteiger partial charge in [-0.3, -0.25) is 4.79 Å². The molecule has 1 aliphatic heterocycles. The predicted molar refractivity (Wildman–Crippen MR) is 161 cm³/mol. The number of hydrogen-bond acceptors (Lipinski definition) is 5. The van der Waals surface area contributed by atoms with Gasteiger partial charge in [0.15, 0.2) is 11.6 Å². The SMILES string of the molecule is N#Cc1ccc(OC[C@@H]2CCCO2)c(F)c1-c1cc(C(CNC2CCC(C(=O)O)CC2)c2ccccc2)c(Cl)cc1Cl. The maximum absolute atomic E-state index is 16.0. The van der Waals surface area contributed by atoms with Crippen LogP contribution in [0.4, 0.5) is 4.39 Å². The van der Waals surface area contributed by atoms with Gasteiger partial charge in [0, 0.05) is 41.3 Å². The van der Waals surface area contributed by atoms with Gasteiger partial charge in [0.1, 0.15) is 6.61 Å². The van der Waals surface area contributed by atoms with Crippen LogP contribution in [0.15, 0.2) is 54.6 Å². The predicted octanol–water partition coefficient (Wildman–Crippen LogP) is 7.59. The molecule has 1 heterocycles. The first-order valence-electron chi connectivity index (χ1n) is 14.3. The lowest BCUT2D eigenvalue weighted by molar-refractivity contribution is -0.142. The van der Waals surface area contributed by atoms with E-state index in [9.17, 15) is 15.2 Å². The van der Waals surface area contributed by atoms with Gasteiger partial charge in [0.25, 0.3) is 0 Å². The maximum atomic E-state index is 16.0. The number of hydrogen-bond donors (Lipinski definition) is 2. The van der Waals surface area contributed by atoms with Crippen molar-refractivity contribution in [2.75, 3.05) is 19.8 Å². The summed E-state index contributed by atoms with van der Waals surface area (Å²) in [6, 6.07) is 18.5. The largest absolute Gasteiger partial charge is 0.488 e. The first kappa shape index (κ1) is 30.3. The first-order chi connectivity index (χ1) is 20.4. The third-order valence-corrected chi connectivity index (χ3v) is 8.94. The fourth-order valence-corrected chi connectivity index (χ4v) is 6.54. The number of carboxylic acid groups (broad SMARTS) is 1. The smallest absolute Gasteiger partial charge is 0.306 e. The van der Waals surface area contributed by atoms with Crippen molar-refractivity contribution >= 4 is 29.2 Å². The Balaban J connectivity index is 1.47. The van der Waals surface area contributed by atoms with Crippen LogP contribution in [-0.2, 0) is 9.53 Å². The fraction of sp³-hybridized carbons (Fsp3) is 0.394. The molecule has 1 unspecified atom stereocenters. The van der Waals surface area contributed by atoms with Crippen LogP contribution in [0.3, 0.4) is 0 Å². The molecule has 6 nitrogen and oxygen atoms in total. The van der Waals surface area contributed by atoms with E-state index in [1.165, 1.54) is 12.1 Å². The zero-order valence-electron chi connectivity index (χ0n) is 23.1. The number of ether oxygens (including phenoxy) is 2. The van der Waals surface area contributed by atoms with Crippen LogP contribution >= 0.6 is 23.2 Å². The summed E-state index contributed by atoms with van der Waals surface area (Å²) in [5.41, 5.74) is 2.31. The van der Waals surface area contributed by atoms with Crippen molar-refractivity contribution in [3.8, 4) is 22.9 Å². The summed E-state index contributed by atoms with van der Waals surface area (Å²) in [5.74, 6) is -1.87. The molecule has 0 bridgehead atoms. The minimum absolute atomic E-state index is 0.0327. The highest BCUT2D eigenvalue weighted by Crippen LogP contribution is 2.42. The molecule has 9 heteroatoms. The van der Waals surface area contributed by atoms with Gasteiger partial charge in [-0.2, -0.15) is 5.26 Å². The van der Waals surface area contributed by atoms with Gasteiger partial charge in [0.05, 0.1) is 28.7 Å². The van der Waals surface area contributed by atoms with Crippen molar-refractivity contribution in [3.63, 3.8) is 0 Å². The Morgan fingerprint density at radius 2 is 1.86 bits per heavy atom. The summed E-state index contributed by atoms with van der Waals surface area (Å²) in [6.07, 6.45) is 4.52. The minimum Gasteiger partial charge on any atom is -0.488 e. The number of carbonyl (C=O) groups is 1. The van der Waals surface area contributed by atoms with Gasteiger partial charge in [-0.25, -0.2) is 4.39 Å². The van der Waals surface area contributed by atoms with E-state index in [4.69, 9.17) is 32.7 Å². The lowest BCUT2D eigenvalue weighted by atomic mass is 9.85. The summed E-state index contributed by atoms with van der Waals surface area (Å²) in [5, 5.41) is 23.5. The standard InChI is InChI=1S/C33H33Cl2FN2O4/c34-28-16-29(35)26(31-22(17-37)10-13-30(32(31)36)42-19-24-7-4-14-41-24)15-25(28)27(20-5-2-1-3-6-20)18-38-23-11-8-21(9-12-23)33(39)40/h1-3,5-6,10,13,15-16,21,23-24,27,38H,4,7-9,11-12,14,18-19H2,(H,39,40)/t21?,23?,24-,27?/m0/s1. The van der Waals surface area contributed by atoms with Crippen molar-refractivity contribution in [2.24, 2.45) is 5.92 Å². The lowest BCUT2D eigenvalue weighted by Gasteiger charge is -2.29. The molecule has 0 radical (unpaired) electrons. The average Bonchev–Trinajstić information content (AvgIpc) is 3.52. The third kappa shape index (κ3) is 6.90. The number of nitrogens with zero attached hydrogens (tertiary/aromatic N) is 1. The number of nitrogens with one attached hydrogen (secondary N) is 1.